The predicted molar refractivity (Wildman–Crippen MR) is 70.1 cm³/mol. The Hall–Kier alpha value is -1.72. The van der Waals surface area contributed by atoms with Crippen molar-refractivity contribution in [3.8, 4) is 0 Å². The van der Waals surface area contributed by atoms with Gasteiger partial charge in [-0.2, -0.15) is 13.2 Å². The van der Waals surface area contributed by atoms with Gasteiger partial charge >= 0.3 is 6.18 Å². The van der Waals surface area contributed by atoms with Gasteiger partial charge < -0.3 is 11.1 Å². The third kappa shape index (κ3) is 3.05. The average molecular weight is 286 g/mol. The van der Waals surface area contributed by atoms with Crippen LogP contribution >= 0.6 is 0 Å². The predicted octanol–water partition coefficient (Wildman–Crippen LogP) is 3.21. The van der Waals surface area contributed by atoms with E-state index in [0.717, 1.165) is 31.4 Å². The van der Waals surface area contributed by atoms with E-state index in [1.165, 1.54) is 6.07 Å². The standard InChI is InChI=1S/C14H17F3N2O/c1-13(5-2-6-13)8-19-12(20)9-3-4-11(18)10(7-9)14(15,16)17/h3-4,7H,2,5-6,8,18H2,1H3,(H,19,20). The zero-order valence-corrected chi connectivity index (χ0v) is 11.2. The number of nitrogens with one attached hydrogen (secondary N) is 1. The molecular weight excluding hydrogens is 269 g/mol. The molecule has 0 saturated heterocycles. The number of alkyl halides is 3. The van der Waals surface area contributed by atoms with Crippen LogP contribution in [0.15, 0.2) is 18.2 Å². The second-order valence-corrected chi connectivity index (χ2v) is 5.65. The van der Waals surface area contributed by atoms with Crippen molar-refractivity contribution in [1.29, 1.82) is 0 Å². The van der Waals surface area contributed by atoms with E-state index in [2.05, 4.69) is 12.2 Å². The molecule has 6 heteroatoms. The highest BCUT2D eigenvalue weighted by molar-refractivity contribution is 5.94. The lowest BCUT2D eigenvalue weighted by Gasteiger charge is -2.38. The van der Waals surface area contributed by atoms with Crippen LogP contribution in [-0.4, -0.2) is 12.5 Å². The van der Waals surface area contributed by atoms with Crippen molar-refractivity contribution in [2.45, 2.75) is 32.4 Å². The highest BCUT2D eigenvalue weighted by Crippen LogP contribution is 2.39. The molecule has 0 spiro atoms. The maximum Gasteiger partial charge on any atom is 0.418 e. The lowest BCUT2D eigenvalue weighted by molar-refractivity contribution is -0.136. The van der Waals surface area contributed by atoms with Crippen molar-refractivity contribution >= 4 is 11.6 Å². The zero-order valence-electron chi connectivity index (χ0n) is 11.2. The molecule has 1 aromatic carbocycles. The molecule has 1 amide bonds. The summed E-state index contributed by atoms with van der Waals surface area (Å²) in [4.78, 5) is 11.9. The first-order chi connectivity index (χ1) is 9.21. The summed E-state index contributed by atoms with van der Waals surface area (Å²) < 4.78 is 38.2. The molecule has 0 heterocycles. The van der Waals surface area contributed by atoms with Crippen LogP contribution in [0.3, 0.4) is 0 Å². The SMILES string of the molecule is CC1(CNC(=O)c2ccc(N)c(C(F)(F)F)c2)CCC1. The fraction of sp³-hybridized carbons (Fsp3) is 0.500. The molecule has 20 heavy (non-hydrogen) atoms. The Labute approximate surface area is 115 Å². The van der Waals surface area contributed by atoms with Gasteiger partial charge in [0.25, 0.3) is 5.91 Å². The Morgan fingerprint density at radius 2 is 2.05 bits per heavy atom. The maximum absolute atomic E-state index is 12.7. The number of carbonyl (C=O) groups excluding carboxylic acids is 1. The van der Waals surface area contributed by atoms with Gasteiger partial charge in [0.05, 0.1) is 5.56 Å². The van der Waals surface area contributed by atoms with Crippen molar-refractivity contribution in [2.75, 3.05) is 12.3 Å². The van der Waals surface area contributed by atoms with Crippen molar-refractivity contribution in [2.24, 2.45) is 5.41 Å². The first-order valence-electron chi connectivity index (χ1n) is 6.46. The van der Waals surface area contributed by atoms with E-state index in [9.17, 15) is 18.0 Å². The van der Waals surface area contributed by atoms with E-state index >= 15 is 0 Å². The quantitative estimate of drug-likeness (QED) is 0.838. The lowest BCUT2D eigenvalue weighted by Crippen LogP contribution is -2.40. The summed E-state index contributed by atoms with van der Waals surface area (Å²) in [5, 5.41) is 2.69. The van der Waals surface area contributed by atoms with Crippen molar-refractivity contribution in [3.63, 3.8) is 0 Å². The molecule has 0 atom stereocenters. The topological polar surface area (TPSA) is 55.1 Å². The minimum atomic E-state index is -4.56. The van der Waals surface area contributed by atoms with Gasteiger partial charge in [-0.05, 0) is 36.5 Å². The summed E-state index contributed by atoms with van der Waals surface area (Å²) >= 11 is 0. The Kier molecular flexibility index (Phi) is 3.67. The number of anilines is 1. The van der Waals surface area contributed by atoms with E-state index in [4.69, 9.17) is 5.73 Å². The van der Waals surface area contributed by atoms with E-state index in [-0.39, 0.29) is 16.7 Å². The minimum Gasteiger partial charge on any atom is -0.398 e. The van der Waals surface area contributed by atoms with Crippen molar-refractivity contribution < 1.29 is 18.0 Å². The molecule has 0 unspecified atom stereocenters. The Morgan fingerprint density at radius 3 is 2.55 bits per heavy atom. The fourth-order valence-electron chi connectivity index (χ4n) is 2.30. The molecular formula is C14H17F3N2O. The summed E-state index contributed by atoms with van der Waals surface area (Å²) in [6.45, 7) is 2.54. The Bertz CT molecular complexity index is 522. The molecule has 0 aliphatic heterocycles. The molecule has 1 saturated carbocycles. The van der Waals surface area contributed by atoms with E-state index in [1.807, 2.05) is 0 Å². The number of carbonyl (C=O) groups is 1. The van der Waals surface area contributed by atoms with Crippen LogP contribution in [0.2, 0.25) is 0 Å². The first-order valence-corrected chi connectivity index (χ1v) is 6.46. The van der Waals surface area contributed by atoms with Gasteiger partial charge in [-0.15, -0.1) is 0 Å². The third-order valence-corrected chi connectivity index (χ3v) is 3.86. The number of nitrogens with two attached hydrogens (primary N) is 1. The van der Waals surface area contributed by atoms with Crippen LogP contribution in [-0.2, 0) is 6.18 Å². The molecule has 3 N–H and O–H groups in total. The van der Waals surface area contributed by atoms with Gasteiger partial charge in [-0.3, -0.25) is 4.79 Å². The van der Waals surface area contributed by atoms with E-state index in [0.29, 0.717) is 6.54 Å². The molecule has 1 aliphatic carbocycles. The van der Waals surface area contributed by atoms with Crippen LogP contribution in [0.5, 0.6) is 0 Å². The van der Waals surface area contributed by atoms with Gasteiger partial charge in [0.2, 0.25) is 0 Å². The van der Waals surface area contributed by atoms with Gasteiger partial charge in [-0.1, -0.05) is 13.3 Å². The molecule has 1 aromatic rings. The van der Waals surface area contributed by atoms with Crippen molar-refractivity contribution in [3.05, 3.63) is 29.3 Å². The molecule has 3 nitrogen and oxygen atoms in total. The monoisotopic (exact) mass is 286 g/mol. The lowest BCUT2D eigenvalue weighted by atomic mass is 9.70. The molecule has 0 radical (unpaired) electrons. The molecule has 1 aliphatic rings. The number of rotatable bonds is 3. The second-order valence-electron chi connectivity index (χ2n) is 5.65. The number of hydrogen-bond acceptors (Lipinski definition) is 2. The Morgan fingerprint density at radius 1 is 1.40 bits per heavy atom. The highest BCUT2D eigenvalue weighted by atomic mass is 19.4. The van der Waals surface area contributed by atoms with Crippen molar-refractivity contribution in [1.82, 2.24) is 5.32 Å². The molecule has 1 fully saturated rings. The largest absolute Gasteiger partial charge is 0.418 e. The highest BCUT2D eigenvalue weighted by Gasteiger charge is 2.34. The van der Waals surface area contributed by atoms with Gasteiger partial charge in [0.15, 0.2) is 0 Å². The summed E-state index contributed by atoms with van der Waals surface area (Å²) in [5.41, 5.74) is 4.01. The fourth-order valence-corrected chi connectivity index (χ4v) is 2.30. The number of halogens is 3. The summed E-state index contributed by atoms with van der Waals surface area (Å²) in [6, 6.07) is 3.22. The molecule has 110 valence electrons. The normalized spacial score (nSPS) is 17.4. The average Bonchev–Trinajstić information content (AvgIpc) is 2.32. The van der Waals surface area contributed by atoms with Crippen LogP contribution in [0, 0.1) is 5.41 Å². The van der Waals surface area contributed by atoms with Crippen LogP contribution in [0.25, 0.3) is 0 Å². The maximum atomic E-state index is 12.7. The Balaban J connectivity index is 2.10. The number of nitrogen functional groups attached to an aromatic ring is 1. The molecule has 0 aromatic heterocycles. The van der Waals surface area contributed by atoms with E-state index < -0.39 is 17.6 Å². The van der Waals surface area contributed by atoms with Crippen LogP contribution < -0.4 is 11.1 Å². The summed E-state index contributed by atoms with van der Waals surface area (Å²) in [6.07, 6.45) is -1.36. The number of hydrogen-bond donors (Lipinski definition) is 2. The molecule has 0 bridgehead atoms. The zero-order chi connectivity index (χ0) is 15.0. The third-order valence-electron chi connectivity index (χ3n) is 3.86. The summed E-state index contributed by atoms with van der Waals surface area (Å²) in [5.74, 6) is -0.497. The molecule has 2 rings (SSSR count). The van der Waals surface area contributed by atoms with Crippen LogP contribution in [0.1, 0.15) is 42.1 Å². The summed E-state index contributed by atoms with van der Waals surface area (Å²) in [7, 11) is 0. The number of amides is 1. The van der Waals surface area contributed by atoms with Crippen LogP contribution in [0.4, 0.5) is 18.9 Å². The second kappa shape index (κ2) is 5.00. The smallest absolute Gasteiger partial charge is 0.398 e. The van der Waals surface area contributed by atoms with E-state index in [1.54, 1.807) is 0 Å². The number of benzene rings is 1. The van der Waals surface area contributed by atoms with Gasteiger partial charge in [0, 0.05) is 17.8 Å². The minimum absolute atomic E-state index is 0.0190. The van der Waals surface area contributed by atoms with Gasteiger partial charge in [0.1, 0.15) is 0 Å². The van der Waals surface area contributed by atoms with Gasteiger partial charge in [-0.25, -0.2) is 0 Å². The first kappa shape index (κ1) is 14.7.